The van der Waals surface area contributed by atoms with Gasteiger partial charge in [0.25, 0.3) is 5.91 Å². The van der Waals surface area contributed by atoms with Gasteiger partial charge in [0.1, 0.15) is 0 Å². The normalized spacial score (nSPS) is 18.5. The van der Waals surface area contributed by atoms with Crippen LogP contribution in [-0.4, -0.2) is 35.1 Å². The van der Waals surface area contributed by atoms with E-state index in [-0.39, 0.29) is 12.0 Å². The van der Waals surface area contributed by atoms with E-state index in [1.54, 1.807) is 17.0 Å². The summed E-state index contributed by atoms with van der Waals surface area (Å²) < 4.78 is 5.02. The van der Waals surface area contributed by atoms with Crippen molar-refractivity contribution in [2.24, 2.45) is 0 Å². The number of furan rings is 1. The summed E-state index contributed by atoms with van der Waals surface area (Å²) in [5.41, 5.74) is 0. The van der Waals surface area contributed by atoms with Crippen molar-refractivity contribution < 1.29 is 14.3 Å². The second kappa shape index (κ2) is 3.84. The molecule has 0 aromatic carbocycles. The van der Waals surface area contributed by atoms with Gasteiger partial charge in [0, 0.05) is 13.1 Å². The van der Waals surface area contributed by atoms with E-state index in [0.717, 1.165) is 0 Å². The van der Waals surface area contributed by atoms with E-state index in [4.69, 9.17) is 4.42 Å². The average molecular weight is 195 g/mol. The van der Waals surface area contributed by atoms with Crippen molar-refractivity contribution in [2.45, 2.75) is 18.9 Å². The summed E-state index contributed by atoms with van der Waals surface area (Å²) in [7, 11) is 0. The summed E-state index contributed by atoms with van der Waals surface area (Å²) in [5, 5.41) is 9.28. The number of aliphatic hydroxyl groups excluding tert-OH is 1. The van der Waals surface area contributed by atoms with Gasteiger partial charge in [-0.2, -0.15) is 0 Å². The molecular weight excluding hydrogens is 182 g/mol. The highest BCUT2D eigenvalue weighted by atomic mass is 16.3. The molecule has 1 saturated heterocycles. The predicted octanol–water partition coefficient (Wildman–Crippen LogP) is 0.877. The molecule has 1 aromatic heterocycles. The Bertz CT molecular complexity index is 299. The lowest BCUT2D eigenvalue weighted by molar-refractivity contribution is 0.0520. The molecule has 2 rings (SSSR count). The number of rotatable bonds is 1. The molecule has 4 heteroatoms. The molecule has 1 aromatic rings. The molecule has 1 aliphatic rings. The zero-order chi connectivity index (χ0) is 9.97. The topological polar surface area (TPSA) is 53.7 Å². The van der Waals surface area contributed by atoms with Crippen LogP contribution in [0.15, 0.2) is 22.8 Å². The van der Waals surface area contributed by atoms with E-state index < -0.39 is 0 Å². The van der Waals surface area contributed by atoms with Gasteiger partial charge in [-0.15, -0.1) is 0 Å². The molecule has 0 radical (unpaired) electrons. The van der Waals surface area contributed by atoms with E-state index in [2.05, 4.69) is 0 Å². The standard InChI is InChI=1S/C10H13NO3/c12-8-3-5-11(6-4-8)10(13)9-2-1-7-14-9/h1-2,7-8,12H,3-6H2. The summed E-state index contributed by atoms with van der Waals surface area (Å²) in [6.07, 6.45) is 2.56. The summed E-state index contributed by atoms with van der Waals surface area (Å²) in [5.74, 6) is 0.295. The number of piperidine rings is 1. The Morgan fingerprint density at radius 3 is 2.79 bits per heavy atom. The van der Waals surface area contributed by atoms with Crippen molar-refractivity contribution in [1.29, 1.82) is 0 Å². The third-order valence-electron chi connectivity index (χ3n) is 2.48. The number of carbonyl (C=O) groups is 1. The zero-order valence-electron chi connectivity index (χ0n) is 7.85. The monoisotopic (exact) mass is 195 g/mol. The molecule has 0 bridgehead atoms. The lowest BCUT2D eigenvalue weighted by atomic mass is 10.1. The first-order valence-corrected chi connectivity index (χ1v) is 4.78. The maximum Gasteiger partial charge on any atom is 0.289 e. The van der Waals surface area contributed by atoms with Crippen molar-refractivity contribution >= 4 is 5.91 Å². The van der Waals surface area contributed by atoms with Crippen LogP contribution < -0.4 is 0 Å². The maximum atomic E-state index is 11.7. The van der Waals surface area contributed by atoms with Gasteiger partial charge in [0.05, 0.1) is 12.4 Å². The van der Waals surface area contributed by atoms with Crippen LogP contribution in [0.1, 0.15) is 23.4 Å². The fourth-order valence-corrected chi connectivity index (χ4v) is 1.63. The van der Waals surface area contributed by atoms with Crippen LogP contribution in [0.4, 0.5) is 0 Å². The molecule has 0 atom stereocenters. The molecule has 0 saturated carbocycles. The molecular formula is C10H13NO3. The third kappa shape index (κ3) is 1.80. The van der Waals surface area contributed by atoms with Gasteiger partial charge in [0.15, 0.2) is 5.76 Å². The molecule has 1 aliphatic heterocycles. The van der Waals surface area contributed by atoms with Crippen LogP contribution in [-0.2, 0) is 0 Å². The number of hydrogen-bond donors (Lipinski definition) is 1. The van der Waals surface area contributed by atoms with Crippen LogP contribution in [0.5, 0.6) is 0 Å². The van der Waals surface area contributed by atoms with Gasteiger partial charge in [-0.05, 0) is 25.0 Å². The van der Waals surface area contributed by atoms with Crippen LogP contribution in [0.3, 0.4) is 0 Å². The largest absolute Gasteiger partial charge is 0.459 e. The summed E-state index contributed by atoms with van der Waals surface area (Å²) in [4.78, 5) is 13.4. The SMILES string of the molecule is O=C(c1ccco1)N1CCC(O)CC1. The lowest BCUT2D eigenvalue weighted by Gasteiger charge is -2.28. The van der Waals surface area contributed by atoms with Gasteiger partial charge in [-0.3, -0.25) is 4.79 Å². The summed E-state index contributed by atoms with van der Waals surface area (Å²) in [6.45, 7) is 1.22. The van der Waals surface area contributed by atoms with Crippen LogP contribution in [0.2, 0.25) is 0 Å². The number of amides is 1. The Labute approximate surface area is 82.1 Å². The van der Waals surface area contributed by atoms with Crippen molar-refractivity contribution in [3.05, 3.63) is 24.2 Å². The minimum atomic E-state index is -0.254. The highest BCUT2D eigenvalue weighted by molar-refractivity contribution is 5.91. The average Bonchev–Trinajstić information content (AvgIpc) is 2.71. The number of nitrogens with zero attached hydrogens (tertiary/aromatic N) is 1. The first-order chi connectivity index (χ1) is 6.77. The van der Waals surface area contributed by atoms with E-state index in [0.29, 0.717) is 31.7 Å². The summed E-state index contributed by atoms with van der Waals surface area (Å²) >= 11 is 0. The molecule has 0 aliphatic carbocycles. The van der Waals surface area contributed by atoms with E-state index >= 15 is 0 Å². The van der Waals surface area contributed by atoms with Crippen molar-refractivity contribution in [1.82, 2.24) is 4.90 Å². The van der Waals surface area contributed by atoms with Gasteiger partial charge in [-0.25, -0.2) is 0 Å². The Kier molecular flexibility index (Phi) is 2.54. The number of aliphatic hydroxyl groups is 1. The van der Waals surface area contributed by atoms with Crippen molar-refractivity contribution in [3.8, 4) is 0 Å². The van der Waals surface area contributed by atoms with E-state index in [9.17, 15) is 9.90 Å². The highest BCUT2D eigenvalue weighted by Crippen LogP contribution is 2.13. The van der Waals surface area contributed by atoms with Crippen molar-refractivity contribution in [3.63, 3.8) is 0 Å². The zero-order valence-corrected chi connectivity index (χ0v) is 7.85. The van der Waals surface area contributed by atoms with Crippen LogP contribution >= 0.6 is 0 Å². The second-order valence-electron chi connectivity index (χ2n) is 3.50. The van der Waals surface area contributed by atoms with E-state index in [1.165, 1.54) is 6.26 Å². The maximum absolute atomic E-state index is 11.7. The van der Waals surface area contributed by atoms with Gasteiger partial charge in [-0.1, -0.05) is 0 Å². The molecule has 0 spiro atoms. The van der Waals surface area contributed by atoms with Gasteiger partial charge in [0.2, 0.25) is 0 Å². The van der Waals surface area contributed by atoms with Crippen LogP contribution in [0.25, 0.3) is 0 Å². The fourth-order valence-electron chi connectivity index (χ4n) is 1.63. The van der Waals surface area contributed by atoms with Gasteiger partial charge < -0.3 is 14.4 Å². The second-order valence-corrected chi connectivity index (χ2v) is 3.50. The molecule has 4 nitrogen and oxygen atoms in total. The van der Waals surface area contributed by atoms with E-state index in [1.807, 2.05) is 0 Å². The molecule has 0 unspecified atom stereocenters. The number of carbonyl (C=O) groups excluding carboxylic acids is 1. The first kappa shape index (κ1) is 9.27. The fraction of sp³-hybridized carbons (Fsp3) is 0.500. The number of likely N-dealkylation sites (tertiary alicyclic amines) is 1. The van der Waals surface area contributed by atoms with Crippen LogP contribution in [0, 0.1) is 0 Å². The third-order valence-corrected chi connectivity index (χ3v) is 2.48. The Morgan fingerprint density at radius 1 is 1.50 bits per heavy atom. The molecule has 1 amide bonds. The molecule has 1 fully saturated rings. The minimum absolute atomic E-state index is 0.0816. The molecule has 14 heavy (non-hydrogen) atoms. The molecule has 76 valence electrons. The Balaban J connectivity index is 1.99. The smallest absolute Gasteiger partial charge is 0.289 e. The number of hydrogen-bond acceptors (Lipinski definition) is 3. The minimum Gasteiger partial charge on any atom is -0.459 e. The molecule has 2 heterocycles. The quantitative estimate of drug-likeness (QED) is 0.723. The van der Waals surface area contributed by atoms with Crippen molar-refractivity contribution in [2.75, 3.05) is 13.1 Å². The lowest BCUT2D eigenvalue weighted by Crippen LogP contribution is -2.39. The summed E-state index contributed by atoms with van der Waals surface area (Å²) in [6, 6.07) is 3.36. The Morgan fingerprint density at radius 2 is 2.21 bits per heavy atom. The van der Waals surface area contributed by atoms with Gasteiger partial charge >= 0.3 is 0 Å². The Hall–Kier alpha value is -1.29. The first-order valence-electron chi connectivity index (χ1n) is 4.78. The molecule has 1 N–H and O–H groups in total. The highest BCUT2D eigenvalue weighted by Gasteiger charge is 2.23. The predicted molar refractivity (Wildman–Crippen MR) is 49.9 cm³/mol.